The second-order valence-corrected chi connectivity index (χ2v) is 4.93. The number of aliphatic hydroxyl groups excluding tert-OH is 1. The second-order valence-electron chi connectivity index (χ2n) is 3.98. The third-order valence-electron chi connectivity index (χ3n) is 2.46. The molecule has 0 bridgehead atoms. The zero-order chi connectivity index (χ0) is 11.4. The smallest absolute Gasteiger partial charge is 0.0936 e. The van der Waals surface area contributed by atoms with Crippen LogP contribution >= 0.6 is 11.3 Å². The van der Waals surface area contributed by atoms with Crippen molar-refractivity contribution in [2.24, 2.45) is 5.92 Å². The van der Waals surface area contributed by atoms with Crippen molar-refractivity contribution in [3.8, 4) is 11.3 Å². The van der Waals surface area contributed by atoms with E-state index in [4.69, 9.17) is 5.11 Å². The van der Waals surface area contributed by atoms with Crippen molar-refractivity contribution in [3.05, 3.63) is 40.7 Å². The number of thiazole rings is 1. The monoisotopic (exact) mass is 233 g/mol. The lowest BCUT2D eigenvalue weighted by molar-refractivity contribution is 0.237. The maximum Gasteiger partial charge on any atom is 0.0936 e. The molecule has 0 amide bonds. The van der Waals surface area contributed by atoms with Crippen LogP contribution < -0.4 is 0 Å². The van der Waals surface area contributed by atoms with Crippen LogP contribution in [0, 0.1) is 5.92 Å². The highest BCUT2D eigenvalue weighted by Crippen LogP contribution is 2.22. The van der Waals surface area contributed by atoms with Gasteiger partial charge < -0.3 is 5.11 Å². The van der Waals surface area contributed by atoms with Gasteiger partial charge in [0, 0.05) is 24.0 Å². The molecule has 1 aromatic heterocycles. The first-order valence-corrected chi connectivity index (χ1v) is 6.28. The highest BCUT2D eigenvalue weighted by molar-refractivity contribution is 7.09. The maximum absolute atomic E-state index is 9.00. The molecule has 2 rings (SSSR count). The van der Waals surface area contributed by atoms with Gasteiger partial charge in [0.15, 0.2) is 0 Å². The predicted molar refractivity (Wildman–Crippen MR) is 67.5 cm³/mol. The zero-order valence-electron chi connectivity index (χ0n) is 9.26. The van der Waals surface area contributed by atoms with Crippen molar-refractivity contribution in [1.82, 2.24) is 4.98 Å². The normalized spacial score (nSPS) is 12.6. The molecular formula is C13H15NOS. The van der Waals surface area contributed by atoms with Crippen LogP contribution in [0.3, 0.4) is 0 Å². The van der Waals surface area contributed by atoms with Crippen LogP contribution in [0.25, 0.3) is 11.3 Å². The number of hydrogen-bond donors (Lipinski definition) is 1. The average Bonchev–Trinajstić information content (AvgIpc) is 2.78. The molecule has 0 aliphatic rings. The molecule has 1 heterocycles. The lowest BCUT2D eigenvalue weighted by Crippen LogP contribution is -2.03. The Morgan fingerprint density at radius 2 is 2.06 bits per heavy atom. The Balaban J connectivity index is 2.14. The third kappa shape index (κ3) is 2.68. The summed E-state index contributed by atoms with van der Waals surface area (Å²) >= 11 is 1.67. The summed E-state index contributed by atoms with van der Waals surface area (Å²) in [6.07, 6.45) is 0.855. The van der Waals surface area contributed by atoms with Gasteiger partial charge in [0.25, 0.3) is 0 Å². The van der Waals surface area contributed by atoms with E-state index < -0.39 is 0 Å². The fourth-order valence-corrected chi connectivity index (χ4v) is 2.48. The molecular weight excluding hydrogens is 218 g/mol. The van der Waals surface area contributed by atoms with Crippen LogP contribution in [0.5, 0.6) is 0 Å². The molecule has 1 N–H and O–H groups in total. The van der Waals surface area contributed by atoms with Crippen LogP contribution in [0.15, 0.2) is 35.7 Å². The van der Waals surface area contributed by atoms with Crippen LogP contribution in [-0.4, -0.2) is 16.7 Å². The van der Waals surface area contributed by atoms with Gasteiger partial charge in [-0.2, -0.15) is 0 Å². The molecule has 0 spiro atoms. The first-order chi connectivity index (χ1) is 7.79. The first kappa shape index (κ1) is 11.3. The minimum atomic E-state index is 0.222. The molecule has 1 aromatic carbocycles. The zero-order valence-corrected chi connectivity index (χ0v) is 10.1. The first-order valence-electron chi connectivity index (χ1n) is 5.40. The molecule has 16 heavy (non-hydrogen) atoms. The number of aromatic nitrogens is 1. The van der Waals surface area contributed by atoms with Crippen molar-refractivity contribution in [1.29, 1.82) is 0 Å². The topological polar surface area (TPSA) is 33.1 Å². The van der Waals surface area contributed by atoms with E-state index in [1.165, 1.54) is 0 Å². The Bertz CT molecular complexity index is 438. The Morgan fingerprint density at radius 3 is 2.75 bits per heavy atom. The Hall–Kier alpha value is -1.19. The van der Waals surface area contributed by atoms with Crippen LogP contribution in [0.4, 0.5) is 0 Å². The fraction of sp³-hybridized carbons (Fsp3) is 0.308. The summed E-state index contributed by atoms with van der Waals surface area (Å²) in [5.74, 6) is 0.287. The molecule has 0 aliphatic carbocycles. The highest BCUT2D eigenvalue weighted by Gasteiger charge is 2.07. The van der Waals surface area contributed by atoms with E-state index in [0.29, 0.717) is 0 Å². The molecule has 2 aromatic rings. The summed E-state index contributed by atoms with van der Waals surface area (Å²) < 4.78 is 0. The van der Waals surface area contributed by atoms with E-state index in [0.717, 1.165) is 22.7 Å². The van der Waals surface area contributed by atoms with Gasteiger partial charge in [-0.25, -0.2) is 4.98 Å². The highest BCUT2D eigenvalue weighted by atomic mass is 32.1. The van der Waals surface area contributed by atoms with Crippen LogP contribution in [0.1, 0.15) is 11.9 Å². The third-order valence-corrected chi connectivity index (χ3v) is 3.33. The molecule has 0 fully saturated rings. The number of hydrogen-bond acceptors (Lipinski definition) is 3. The van der Waals surface area contributed by atoms with E-state index in [1.54, 1.807) is 11.3 Å². The van der Waals surface area contributed by atoms with Gasteiger partial charge in [0.2, 0.25) is 0 Å². The van der Waals surface area contributed by atoms with E-state index in [2.05, 4.69) is 22.5 Å². The molecule has 0 radical (unpaired) electrons. The average molecular weight is 233 g/mol. The largest absolute Gasteiger partial charge is 0.396 e. The molecule has 1 unspecified atom stereocenters. The summed E-state index contributed by atoms with van der Waals surface area (Å²) in [5, 5.41) is 12.2. The van der Waals surface area contributed by atoms with E-state index in [9.17, 15) is 0 Å². The number of benzene rings is 1. The maximum atomic E-state index is 9.00. The van der Waals surface area contributed by atoms with Gasteiger partial charge in [-0.1, -0.05) is 37.3 Å². The standard InChI is InChI=1S/C13H15NOS/c1-10(8-15)7-13-14-12(9-16-13)11-5-3-2-4-6-11/h2-6,9-10,15H,7-8H2,1H3. The van der Waals surface area contributed by atoms with Gasteiger partial charge >= 0.3 is 0 Å². The lowest BCUT2D eigenvalue weighted by atomic mass is 10.1. The minimum Gasteiger partial charge on any atom is -0.396 e. The van der Waals surface area contributed by atoms with Gasteiger partial charge in [0.1, 0.15) is 0 Å². The lowest BCUT2D eigenvalue weighted by Gasteiger charge is -2.03. The van der Waals surface area contributed by atoms with E-state index in [1.807, 2.05) is 25.1 Å². The SMILES string of the molecule is CC(CO)Cc1nc(-c2ccccc2)cs1. The molecule has 0 saturated heterocycles. The quantitative estimate of drug-likeness (QED) is 0.880. The fourth-order valence-electron chi connectivity index (χ4n) is 1.51. The van der Waals surface area contributed by atoms with Gasteiger partial charge in [-0.15, -0.1) is 11.3 Å². The Morgan fingerprint density at radius 1 is 1.31 bits per heavy atom. The molecule has 84 valence electrons. The molecule has 3 heteroatoms. The van der Waals surface area contributed by atoms with Crippen molar-refractivity contribution >= 4 is 11.3 Å². The molecule has 2 nitrogen and oxygen atoms in total. The van der Waals surface area contributed by atoms with Crippen molar-refractivity contribution in [3.63, 3.8) is 0 Å². The summed E-state index contributed by atoms with van der Waals surface area (Å²) in [6.45, 7) is 2.25. The van der Waals surface area contributed by atoms with Crippen LogP contribution in [0.2, 0.25) is 0 Å². The number of aliphatic hydroxyl groups is 1. The van der Waals surface area contributed by atoms with Gasteiger partial charge in [0.05, 0.1) is 10.7 Å². The summed E-state index contributed by atoms with van der Waals surface area (Å²) in [7, 11) is 0. The van der Waals surface area contributed by atoms with Gasteiger partial charge in [-0.3, -0.25) is 0 Å². The van der Waals surface area contributed by atoms with Crippen molar-refractivity contribution < 1.29 is 5.11 Å². The number of rotatable bonds is 4. The van der Waals surface area contributed by atoms with Crippen molar-refractivity contribution in [2.45, 2.75) is 13.3 Å². The second kappa shape index (κ2) is 5.23. The van der Waals surface area contributed by atoms with E-state index in [-0.39, 0.29) is 12.5 Å². The van der Waals surface area contributed by atoms with E-state index >= 15 is 0 Å². The molecule has 0 saturated carbocycles. The Labute approximate surface area is 99.6 Å². The van der Waals surface area contributed by atoms with Crippen LogP contribution in [-0.2, 0) is 6.42 Å². The molecule has 0 aliphatic heterocycles. The predicted octanol–water partition coefficient (Wildman–Crippen LogP) is 2.98. The molecule has 1 atom stereocenters. The minimum absolute atomic E-state index is 0.222. The summed E-state index contributed by atoms with van der Waals surface area (Å²) in [5.41, 5.74) is 2.19. The van der Waals surface area contributed by atoms with Crippen molar-refractivity contribution in [2.75, 3.05) is 6.61 Å². The Kier molecular flexibility index (Phi) is 3.70. The van der Waals surface area contributed by atoms with Gasteiger partial charge in [-0.05, 0) is 5.92 Å². The summed E-state index contributed by atoms with van der Waals surface area (Å²) in [4.78, 5) is 4.58. The summed E-state index contributed by atoms with van der Waals surface area (Å²) in [6, 6.07) is 10.2. The number of nitrogens with zero attached hydrogens (tertiary/aromatic N) is 1.